The van der Waals surface area contributed by atoms with Gasteiger partial charge in [-0.15, -0.1) is 0 Å². The molecule has 0 radical (unpaired) electrons. The van der Waals surface area contributed by atoms with Crippen molar-refractivity contribution in [2.45, 2.75) is 13.1 Å². The molecule has 1 amide bonds. The molecule has 0 saturated carbocycles. The van der Waals surface area contributed by atoms with Crippen molar-refractivity contribution >= 4 is 28.4 Å². The molecule has 186 valence electrons. The van der Waals surface area contributed by atoms with Crippen LogP contribution in [0.3, 0.4) is 0 Å². The number of rotatable bonds is 5. The number of nitrogens with one attached hydrogen (secondary N) is 1. The van der Waals surface area contributed by atoms with E-state index in [1.54, 1.807) is 0 Å². The second kappa shape index (κ2) is 9.66. The van der Waals surface area contributed by atoms with E-state index in [1.165, 1.54) is 12.1 Å². The van der Waals surface area contributed by atoms with Crippen molar-refractivity contribution in [1.82, 2.24) is 9.88 Å². The number of amides is 1. The number of halogens is 3. The number of hydrogen-bond acceptors (Lipinski definition) is 5. The third kappa shape index (κ3) is 5.21. The number of para-hydroxylation sites is 1. The Morgan fingerprint density at radius 3 is 2.31 bits per heavy atom. The molecule has 5 rings (SSSR count). The Morgan fingerprint density at radius 2 is 1.67 bits per heavy atom. The molecule has 2 heterocycles. The molecule has 1 fully saturated rings. The van der Waals surface area contributed by atoms with Gasteiger partial charge in [0, 0.05) is 43.1 Å². The summed E-state index contributed by atoms with van der Waals surface area (Å²) < 4.78 is 44.2. The van der Waals surface area contributed by atoms with Crippen molar-refractivity contribution in [3.63, 3.8) is 0 Å². The Labute approximate surface area is 206 Å². The predicted molar refractivity (Wildman–Crippen MR) is 133 cm³/mol. The van der Waals surface area contributed by atoms with Crippen molar-refractivity contribution in [1.29, 1.82) is 0 Å². The van der Waals surface area contributed by atoms with Gasteiger partial charge in [0.15, 0.2) is 5.58 Å². The lowest BCUT2D eigenvalue weighted by molar-refractivity contribution is -0.137. The van der Waals surface area contributed by atoms with Gasteiger partial charge in [0.25, 0.3) is 0 Å². The number of anilines is 2. The van der Waals surface area contributed by atoms with E-state index in [-0.39, 0.29) is 12.5 Å². The van der Waals surface area contributed by atoms with Crippen LogP contribution in [0.2, 0.25) is 0 Å². The van der Waals surface area contributed by atoms with Gasteiger partial charge in [-0.1, -0.05) is 12.1 Å². The van der Waals surface area contributed by atoms with Crippen LogP contribution in [0.5, 0.6) is 0 Å². The lowest BCUT2D eigenvalue weighted by atomic mass is 10.1. The standard InChI is InChI=1S/C27H25F3N4O2/c1-18-3-2-4-23-25(18)36-26(32-23)19-5-9-21(10-6-19)31-24(35)17-33-13-15-34(16-14-33)22-11-7-20(8-12-22)27(28,29)30/h2-12H,13-17H2,1H3,(H,31,35). The second-order valence-electron chi connectivity index (χ2n) is 8.88. The summed E-state index contributed by atoms with van der Waals surface area (Å²) in [5.41, 5.74) is 4.20. The van der Waals surface area contributed by atoms with E-state index in [0.717, 1.165) is 40.0 Å². The molecule has 1 N–H and O–H groups in total. The van der Waals surface area contributed by atoms with Gasteiger partial charge in [0.05, 0.1) is 12.1 Å². The van der Waals surface area contributed by atoms with Crippen molar-refractivity contribution in [3.05, 3.63) is 77.9 Å². The van der Waals surface area contributed by atoms with Gasteiger partial charge in [-0.3, -0.25) is 9.69 Å². The van der Waals surface area contributed by atoms with Crippen LogP contribution < -0.4 is 10.2 Å². The summed E-state index contributed by atoms with van der Waals surface area (Å²) in [4.78, 5) is 21.2. The van der Waals surface area contributed by atoms with Crippen molar-refractivity contribution in [3.8, 4) is 11.5 Å². The molecule has 4 aromatic rings. The number of fused-ring (bicyclic) bond motifs is 1. The lowest BCUT2D eigenvalue weighted by Crippen LogP contribution is -2.48. The van der Waals surface area contributed by atoms with Gasteiger partial charge in [-0.2, -0.15) is 13.2 Å². The Morgan fingerprint density at radius 1 is 0.972 bits per heavy atom. The number of nitrogens with zero attached hydrogens (tertiary/aromatic N) is 3. The van der Waals surface area contributed by atoms with E-state index < -0.39 is 11.7 Å². The molecule has 1 saturated heterocycles. The molecule has 3 aromatic carbocycles. The monoisotopic (exact) mass is 494 g/mol. The van der Waals surface area contributed by atoms with Crippen molar-refractivity contribution in [2.75, 3.05) is 42.9 Å². The third-order valence-electron chi connectivity index (χ3n) is 6.33. The van der Waals surface area contributed by atoms with E-state index in [2.05, 4.69) is 10.3 Å². The molecule has 0 unspecified atom stereocenters. The zero-order chi connectivity index (χ0) is 25.3. The third-order valence-corrected chi connectivity index (χ3v) is 6.33. The minimum Gasteiger partial charge on any atom is -0.436 e. The van der Waals surface area contributed by atoms with Gasteiger partial charge in [0.1, 0.15) is 5.52 Å². The molecule has 0 bridgehead atoms. The van der Waals surface area contributed by atoms with Gasteiger partial charge in [0.2, 0.25) is 11.8 Å². The quantitative estimate of drug-likeness (QED) is 0.392. The minimum absolute atomic E-state index is 0.122. The van der Waals surface area contributed by atoms with Crippen LogP contribution in [0.25, 0.3) is 22.6 Å². The fourth-order valence-corrected chi connectivity index (χ4v) is 4.34. The number of carbonyl (C=O) groups is 1. The van der Waals surface area contributed by atoms with E-state index in [1.807, 2.05) is 59.2 Å². The molecule has 36 heavy (non-hydrogen) atoms. The highest BCUT2D eigenvalue weighted by Gasteiger charge is 2.30. The molecule has 0 atom stereocenters. The number of alkyl halides is 3. The molecule has 6 nitrogen and oxygen atoms in total. The largest absolute Gasteiger partial charge is 0.436 e. The van der Waals surface area contributed by atoms with E-state index in [0.29, 0.717) is 37.8 Å². The van der Waals surface area contributed by atoms with Gasteiger partial charge >= 0.3 is 6.18 Å². The summed E-state index contributed by atoms with van der Waals surface area (Å²) in [7, 11) is 0. The van der Waals surface area contributed by atoms with Crippen molar-refractivity contribution < 1.29 is 22.4 Å². The number of aryl methyl sites for hydroxylation is 1. The first-order chi connectivity index (χ1) is 17.3. The average Bonchev–Trinajstić information content (AvgIpc) is 3.30. The molecular weight excluding hydrogens is 469 g/mol. The number of benzene rings is 3. The molecule has 1 aromatic heterocycles. The summed E-state index contributed by atoms with van der Waals surface area (Å²) in [6.07, 6.45) is -4.34. The Bertz CT molecular complexity index is 1360. The summed E-state index contributed by atoms with van der Waals surface area (Å²) in [5, 5.41) is 2.92. The number of hydrogen-bond donors (Lipinski definition) is 1. The normalized spacial score (nSPS) is 14.8. The molecule has 0 spiro atoms. The van der Waals surface area contributed by atoms with Crippen LogP contribution >= 0.6 is 0 Å². The van der Waals surface area contributed by atoms with Gasteiger partial charge in [-0.25, -0.2) is 4.98 Å². The Kier molecular flexibility index (Phi) is 6.40. The van der Waals surface area contributed by atoms with Crippen LogP contribution in [0, 0.1) is 6.92 Å². The van der Waals surface area contributed by atoms with E-state index >= 15 is 0 Å². The number of aromatic nitrogens is 1. The molecule has 9 heteroatoms. The summed E-state index contributed by atoms with van der Waals surface area (Å²) >= 11 is 0. The highest BCUT2D eigenvalue weighted by molar-refractivity contribution is 5.92. The lowest BCUT2D eigenvalue weighted by Gasteiger charge is -2.35. The topological polar surface area (TPSA) is 61.6 Å². The van der Waals surface area contributed by atoms with Crippen LogP contribution in [0.15, 0.2) is 71.1 Å². The fourth-order valence-electron chi connectivity index (χ4n) is 4.34. The van der Waals surface area contributed by atoms with Gasteiger partial charge < -0.3 is 14.6 Å². The summed E-state index contributed by atoms with van der Waals surface area (Å²) in [6.45, 7) is 4.78. The SMILES string of the molecule is Cc1cccc2nc(-c3ccc(NC(=O)CN4CCN(c5ccc(C(F)(F)F)cc5)CC4)cc3)oc12. The van der Waals surface area contributed by atoms with Gasteiger partial charge in [-0.05, 0) is 67.1 Å². The van der Waals surface area contributed by atoms with E-state index in [9.17, 15) is 18.0 Å². The minimum atomic E-state index is -4.34. The first-order valence-corrected chi connectivity index (χ1v) is 11.7. The second-order valence-corrected chi connectivity index (χ2v) is 8.88. The highest BCUT2D eigenvalue weighted by Crippen LogP contribution is 2.31. The summed E-state index contributed by atoms with van der Waals surface area (Å²) in [5.74, 6) is 0.409. The molecule has 0 aliphatic carbocycles. The average molecular weight is 495 g/mol. The van der Waals surface area contributed by atoms with Crippen LogP contribution in [0.4, 0.5) is 24.5 Å². The van der Waals surface area contributed by atoms with E-state index in [4.69, 9.17) is 4.42 Å². The van der Waals surface area contributed by atoms with Crippen LogP contribution in [0.1, 0.15) is 11.1 Å². The maximum absolute atomic E-state index is 12.8. The maximum Gasteiger partial charge on any atom is 0.416 e. The van der Waals surface area contributed by atoms with Crippen LogP contribution in [-0.4, -0.2) is 48.5 Å². The molecular formula is C27H25F3N4O2. The summed E-state index contributed by atoms with van der Waals surface area (Å²) in [6, 6.07) is 18.4. The Hall–Kier alpha value is -3.85. The molecule has 1 aliphatic heterocycles. The van der Waals surface area contributed by atoms with Crippen molar-refractivity contribution in [2.24, 2.45) is 0 Å². The smallest absolute Gasteiger partial charge is 0.416 e. The maximum atomic E-state index is 12.8. The Balaban J connectivity index is 1.13. The zero-order valence-corrected chi connectivity index (χ0v) is 19.7. The zero-order valence-electron chi connectivity index (χ0n) is 19.7. The predicted octanol–water partition coefficient (Wildman–Crippen LogP) is 5.58. The number of piperazine rings is 1. The highest BCUT2D eigenvalue weighted by atomic mass is 19.4. The number of carbonyl (C=O) groups excluding carboxylic acids is 1. The van der Waals surface area contributed by atoms with Crippen LogP contribution in [-0.2, 0) is 11.0 Å². The first kappa shape index (κ1) is 23.9. The molecule has 1 aliphatic rings. The first-order valence-electron chi connectivity index (χ1n) is 11.7. The number of oxazole rings is 1. The fraction of sp³-hybridized carbons (Fsp3) is 0.259.